The van der Waals surface area contributed by atoms with Crippen LogP contribution in [-0.2, 0) is 14.3 Å². The topological polar surface area (TPSA) is 83.8 Å². The number of carbonyl (C=O) groups is 2. The minimum Gasteiger partial charge on any atom is -0.389 e. The van der Waals surface area contributed by atoms with E-state index < -0.39 is 24.1 Å². The summed E-state index contributed by atoms with van der Waals surface area (Å²) < 4.78 is 4.00. The van der Waals surface area contributed by atoms with E-state index in [2.05, 4.69) is 4.74 Å². The van der Waals surface area contributed by atoms with Crippen LogP contribution in [0.1, 0.15) is 13.8 Å². The fourth-order valence-electron chi connectivity index (χ4n) is 0.270. The lowest BCUT2D eigenvalue weighted by Crippen LogP contribution is -2.28. The third-order valence-corrected chi connectivity index (χ3v) is 0.883. The maximum Gasteiger partial charge on any atom is 0.342 e. The molecular weight excluding hydrogens is 152 g/mol. The molecule has 2 N–H and O–H groups in total. The van der Waals surface area contributed by atoms with Gasteiger partial charge in [0.15, 0.2) is 0 Å². The molecule has 2 atom stereocenters. The lowest BCUT2D eigenvalue weighted by Gasteiger charge is -2.05. The van der Waals surface area contributed by atoms with Gasteiger partial charge in [-0.3, -0.25) is 0 Å². The summed E-state index contributed by atoms with van der Waals surface area (Å²) in [7, 11) is 0. The Morgan fingerprint density at radius 2 is 1.36 bits per heavy atom. The van der Waals surface area contributed by atoms with Gasteiger partial charge in [-0.2, -0.15) is 0 Å². The molecule has 1 unspecified atom stereocenters. The Hall–Kier alpha value is -0.940. The number of ether oxygens (including phenoxy) is 1. The lowest BCUT2D eigenvalue weighted by atomic mass is 10.4. The number of rotatable bonds is 2. The van der Waals surface area contributed by atoms with Gasteiger partial charge in [-0.1, -0.05) is 0 Å². The van der Waals surface area contributed by atoms with Gasteiger partial charge in [-0.15, -0.1) is 0 Å². The molecule has 0 aromatic carbocycles. The number of aliphatic hydroxyl groups excluding tert-OH is 2. The minimum atomic E-state index is -1.35. The second-order valence-corrected chi connectivity index (χ2v) is 2.09. The van der Waals surface area contributed by atoms with E-state index >= 15 is 0 Å². The van der Waals surface area contributed by atoms with E-state index in [1.165, 1.54) is 0 Å². The number of carbonyl (C=O) groups excluding carboxylic acids is 2. The molecule has 0 aromatic rings. The molecule has 64 valence electrons. The van der Waals surface area contributed by atoms with Crippen LogP contribution >= 0.6 is 0 Å². The molecule has 0 aliphatic rings. The molecule has 5 nitrogen and oxygen atoms in total. The molecule has 0 aliphatic carbocycles. The third-order valence-electron chi connectivity index (χ3n) is 0.883. The zero-order valence-electron chi connectivity index (χ0n) is 6.27. The van der Waals surface area contributed by atoms with Gasteiger partial charge < -0.3 is 14.9 Å². The van der Waals surface area contributed by atoms with Crippen LogP contribution in [0.3, 0.4) is 0 Å². The second-order valence-electron chi connectivity index (χ2n) is 2.09. The molecule has 0 saturated carbocycles. The highest BCUT2D eigenvalue weighted by molar-refractivity contribution is 5.89. The molecule has 0 bridgehead atoms. The largest absolute Gasteiger partial charge is 0.389 e. The Morgan fingerprint density at radius 3 is 1.55 bits per heavy atom. The molecule has 0 spiro atoms. The Labute approximate surface area is 63.6 Å². The molecule has 0 fully saturated rings. The van der Waals surface area contributed by atoms with Crippen molar-refractivity contribution in [2.75, 3.05) is 0 Å². The number of hydrogen-bond donors (Lipinski definition) is 2. The Morgan fingerprint density at radius 1 is 1.09 bits per heavy atom. The second kappa shape index (κ2) is 4.05. The molecule has 11 heavy (non-hydrogen) atoms. The van der Waals surface area contributed by atoms with Crippen molar-refractivity contribution in [3.8, 4) is 0 Å². The van der Waals surface area contributed by atoms with Crippen molar-refractivity contribution in [2.24, 2.45) is 0 Å². The van der Waals surface area contributed by atoms with Crippen molar-refractivity contribution in [3.05, 3.63) is 0 Å². The monoisotopic (exact) mass is 162 g/mol. The third kappa shape index (κ3) is 3.69. The van der Waals surface area contributed by atoms with E-state index in [0.717, 1.165) is 13.8 Å². The van der Waals surface area contributed by atoms with E-state index in [4.69, 9.17) is 10.2 Å². The summed E-state index contributed by atoms with van der Waals surface area (Å²) in [6.45, 7) is 2.33. The first kappa shape index (κ1) is 10.1. The summed E-state index contributed by atoms with van der Waals surface area (Å²) in [5.41, 5.74) is 0. The van der Waals surface area contributed by atoms with Crippen molar-refractivity contribution in [1.29, 1.82) is 0 Å². The van der Waals surface area contributed by atoms with Crippen LogP contribution in [0.4, 0.5) is 0 Å². The standard InChI is InChI=1S/C6H10O5/c1-3(7)5(9)11-6(10)4(2)8/h3-4,7-8H,1-2H3/t3-,4?/m0/s1. The first-order valence-electron chi connectivity index (χ1n) is 3.06. The highest BCUT2D eigenvalue weighted by Gasteiger charge is 2.18. The summed E-state index contributed by atoms with van der Waals surface area (Å²) in [5, 5.41) is 17.1. The van der Waals surface area contributed by atoms with Crippen molar-refractivity contribution < 1.29 is 24.5 Å². The molecule has 0 saturated heterocycles. The SMILES string of the molecule is CC(O)C(=O)OC(=O)[C@H](C)O. The van der Waals surface area contributed by atoms with Crippen LogP contribution in [0.5, 0.6) is 0 Å². The van der Waals surface area contributed by atoms with E-state index in [1.807, 2.05) is 0 Å². The van der Waals surface area contributed by atoms with Crippen molar-refractivity contribution in [2.45, 2.75) is 26.1 Å². The van der Waals surface area contributed by atoms with Gasteiger partial charge in [0, 0.05) is 0 Å². The first-order chi connectivity index (χ1) is 4.95. The smallest absolute Gasteiger partial charge is 0.342 e. The molecule has 0 aromatic heterocycles. The van der Waals surface area contributed by atoms with Gasteiger partial charge in [-0.25, -0.2) is 9.59 Å². The Kier molecular flexibility index (Phi) is 3.70. The van der Waals surface area contributed by atoms with Crippen LogP contribution in [0.25, 0.3) is 0 Å². The van der Waals surface area contributed by atoms with Crippen LogP contribution in [0, 0.1) is 0 Å². The van der Waals surface area contributed by atoms with Crippen LogP contribution < -0.4 is 0 Å². The van der Waals surface area contributed by atoms with Crippen LogP contribution in [-0.4, -0.2) is 34.4 Å². The predicted molar refractivity (Wildman–Crippen MR) is 34.5 cm³/mol. The average molecular weight is 162 g/mol. The van der Waals surface area contributed by atoms with Gasteiger partial charge in [-0.05, 0) is 13.8 Å². The normalized spacial score (nSPS) is 15.3. The number of esters is 2. The van der Waals surface area contributed by atoms with Gasteiger partial charge in [0.1, 0.15) is 12.2 Å². The van der Waals surface area contributed by atoms with Gasteiger partial charge in [0.25, 0.3) is 0 Å². The van der Waals surface area contributed by atoms with E-state index in [-0.39, 0.29) is 0 Å². The van der Waals surface area contributed by atoms with Crippen molar-refractivity contribution in [1.82, 2.24) is 0 Å². The maximum atomic E-state index is 10.5. The Bertz CT molecular complexity index is 142. The summed E-state index contributed by atoms with van der Waals surface area (Å²) >= 11 is 0. The van der Waals surface area contributed by atoms with Gasteiger partial charge in [0.2, 0.25) is 0 Å². The minimum absolute atomic E-state index is 1.06. The highest BCUT2D eigenvalue weighted by Crippen LogP contribution is 1.91. The molecule has 0 amide bonds. The zero-order chi connectivity index (χ0) is 9.02. The predicted octanol–water partition coefficient (Wildman–Crippen LogP) is -1.18. The molecule has 0 heterocycles. The summed E-state index contributed by atoms with van der Waals surface area (Å²) in [5.74, 6) is -2.12. The van der Waals surface area contributed by atoms with E-state index in [9.17, 15) is 9.59 Å². The fraction of sp³-hybridized carbons (Fsp3) is 0.667. The quantitative estimate of drug-likeness (QED) is 0.394. The van der Waals surface area contributed by atoms with E-state index in [0.29, 0.717) is 0 Å². The zero-order valence-corrected chi connectivity index (χ0v) is 6.27. The highest BCUT2D eigenvalue weighted by atomic mass is 16.6. The summed E-state index contributed by atoms with van der Waals surface area (Å²) in [6.07, 6.45) is -2.70. The van der Waals surface area contributed by atoms with Crippen LogP contribution in [0.15, 0.2) is 0 Å². The molecule has 0 rings (SSSR count). The fourth-order valence-corrected chi connectivity index (χ4v) is 0.270. The van der Waals surface area contributed by atoms with Crippen molar-refractivity contribution in [3.63, 3.8) is 0 Å². The number of aliphatic hydroxyl groups is 2. The summed E-state index contributed by atoms with van der Waals surface area (Å²) in [6, 6.07) is 0. The average Bonchev–Trinajstić information content (AvgIpc) is 1.87. The lowest BCUT2D eigenvalue weighted by molar-refractivity contribution is -0.170. The molecule has 0 radical (unpaired) electrons. The van der Waals surface area contributed by atoms with Crippen LogP contribution in [0.2, 0.25) is 0 Å². The Balaban J connectivity index is 3.86. The molecule has 5 heteroatoms. The maximum absolute atomic E-state index is 10.5. The van der Waals surface area contributed by atoms with Gasteiger partial charge in [0.05, 0.1) is 0 Å². The molecule has 0 aliphatic heterocycles. The molecular formula is C6H10O5. The number of hydrogen-bond acceptors (Lipinski definition) is 5. The van der Waals surface area contributed by atoms with Gasteiger partial charge >= 0.3 is 11.9 Å². The van der Waals surface area contributed by atoms with E-state index in [1.54, 1.807) is 0 Å². The first-order valence-corrected chi connectivity index (χ1v) is 3.06. The van der Waals surface area contributed by atoms with Crippen molar-refractivity contribution >= 4 is 11.9 Å². The summed E-state index contributed by atoms with van der Waals surface area (Å²) in [4.78, 5) is 20.9.